The van der Waals surface area contributed by atoms with E-state index in [1.807, 2.05) is 0 Å². The second-order valence-electron chi connectivity index (χ2n) is 20.3. The highest BCUT2D eigenvalue weighted by Gasteiger charge is 2.39. The Labute approximate surface area is 468 Å². The molecule has 1 aliphatic heterocycles. The van der Waals surface area contributed by atoms with Crippen molar-refractivity contribution >= 4 is 89.7 Å². The van der Waals surface area contributed by atoms with Crippen LogP contribution in [-0.2, 0) is 64.0 Å². The van der Waals surface area contributed by atoms with Gasteiger partial charge in [-0.15, -0.1) is 0 Å². The number of carboxylic acid groups (broad SMARTS) is 3. The van der Waals surface area contributed by atoms with Gasteiger partial charge < -0.3 is 85.1 Å². The minimum Gasteiger partial charge on any atom is -0.508 e. The van der Waals surface area contributed by atoms with Crippen LogP contribution in [0.3, 0.4) is 0 Å². The van der Waals surface area contributed by atoms with E-state index in [4.69, 9.17) is 22.3 Å². The molecule has 0 saturated carbocycles. The zero-order chi connectivity index (χ0) is 60.6. The molecule has 1 fully saturated rings. The minimum atomic E-state index is -1.71. The monoisotopic (exact) mass is 1150 g/mol. The zero-order valence-corrected chi connectivity index (χ0v) is 46.6. The van der Waals surface area contributed by atoms with Gasteiger partial charge in [-0.05, 0) is 80.4 Å². The average Bonchev–Trinajstić information content (AvgIpc) is 3.87. The maximum absolute atomic E-state index is 14.0. The molecule has 18 N–H and O–H groups in total. The van der Waals surface area contributed by atoms with Crippen molar-refractivity contribution in [1.29, 1.82) is 0 Å². The smallest absolute Gasteiger partial charge is 0.326 e. The van der Waals surface area contributed by atoms with Gasteiger partial charge in [0.25, 0.3) is 0 Å². The first-order valence-electron chi connectivity index (χ1n) is 26.0. The molecule has 446 valence electrons. The second-order valence-corrected chi connectivity index (χ2v) is 20.7. The summed E-state index contributed by atoms with van der Waals surface area (Å²) in [5, 5.41) is 57.3. The van der Waals surface area contributed by atoms with E-state index in [-0.39, 0.29) is 68.6 Å². The standard InChI is InChI=1S/C50H79N13O16S/c1-24(2)19-32(58-43(72)33(21-38(68)69)59-45(74)35-10-8-18-63(35)48(77)29(51)20-27-11-13-28(64)14-12-27)41(70)55-22-36(65)61-39(25(3)4)46(75)56-30(9-7-17-54-50(52)53)42(71)62-40(26(5)6)47(76)60-34(23-80)44(73)57-31(49(78)79)15-16-37(66)67/h11-14,24-26,29-35,39-40,64,80H,7-10,15-23,51H2,1-6H3,(H,55,70)(H,56,75)(H,57,73)(H,58,72)(H,59,74)(H,60,76)(H,61,65)(H,62,71)(H,66,67)(H,68,69)(H,78,79)(H4,52,53,54)/t29-,30-,31-,32-,33-,34-,35-,39-,40-/m0/s1. The van der Waals surface area contributed by atoms with Gasteiger partial charge in [0.2, 0.25) is 53.2 Å². The number of aliphatic carboxylic acids is 3. The molecule has 9 amide bonds. The van der Waals surface area contributed by atoms with E-state index < -0.39 is 163 Å². The first-order chi connectivity index (χ1) is 37.4. The lowest BCUT2D eigenvalue weighted by Gasteiger charge is -2.29. The molecule has 30 heteroatoms. The van der Waals surface area contributed by atoms with Crippen LogP contribution in [-0.4, -0.2) is 182 Å². The highest BCUT2D eigenvalue weighted by molar-refractivity contribution is 7.80. The van der Waals surface area contributed by atoms with Crippen LogP contribution in [0.5, 0.6) is 5.75 Å². The van der Waals surface area contributed by atoms with Crippen molar-refractivity contribution in [1.82, 2.24) is 47.4 Å². The molecular weight excluding hydrogens is 1070 g/mol. The van der Waals surface area contributed by atoms with Crippen molar-refractivity contribution < 1.29 is 78.0 Å². The molecule has 2 rings (SSSR count). The summed E-state index contributed by atoms with van der Waals surface area (Å²) in [6.07, 6.45) is -1.27. The van der Waals surface area contributed by atoms with Gasteiger partial charge in [-0.3, -0.25) is 57.7 Å². The summed E-state index contributed by atoms with van der Waals surface area (Å²) in [5.41, 5.74) is 17.8. The lowest BCUT2D eigenvalue weighted by Crippen LogP contribution is -2.61. The number of benzene rings is 1. The molecule has 1 aliphatic rings. The Bertz CT molecular complexity index is 2390. The third kappa shape index (κ3) is 23.7. The van der Waals surface area contributed by atoms with Gasteiger partial charge >= 0.3 is 17.9 Å². The molecular formula is C50H79N13O16S. The zero-order valence-electron chi connectivity index (χ0n) is 45.7. The molecule has 0 unspecified atom stereocenters. The molecule has 0 aliphatic carbocycles. The first-order valence-corrected chi connectivity index (χ1v) is 26.6. The highest BCUT2D eigenvalue weighted by atomic mass is 32.1. The molecule has 0 bridgehead atoms. The van der Waals surface area contributed by atoms with Gasteiger partial charge in [0.1, 0.15) is 54.1 Å². The van der Waals surface area contributed by atoms with Gasteiger partial charge in [0.05, 0.1) is 19.0 Å². The largest absolute Gasteiger partial charge is 0.508 e. The van der Waals surface area contributed by atoms with Crippen LogP contribution in [0.1, 0.15) is 98.5 Å². The quantitative estimate of drug-likeness (QED) is 0.0138. The molecule has 1 heterocycles. The first kappa shape index (κ1) is 68.3. The van der Waals surface area contributed by atoms with Crippen molar-refractivity contribution in [3.8, 4) is 5.75 Å². The molecule has 0 spiro atoms. The molecule has 1 aromatic carbocycles. The maximum Gasteiger partial charge on any atom is 0.326 e. The van der Waals surface area contributed by atoms with Gasteiger partial charge in [0.15, 0.2) is 5.96 Å². The second kappa shape index (κ2) is 33.6. The van der Waals surface area contributed by atoms with Crippen LogP contribution in [0.15, 0.2) is 29.3 Å². The Balaban J connectivity index is 2.21. The number of nitrogens with zero attached hydrogens (tertiary/aromatic N) is 2. The molecule has 1 aromatic rings. The number of likely N-dealkylation sites (tertiary alicyclic amines) is 1. The molecule has 1 saturated heterocycles. The summed E-state index contributed by atoms with van der Waals surface area (Å²) < 4.78 is 0. The summed E-state index contributed by atoms with van der Waals surface area (Å²) >= 11 is 4.09. The number of carbonyl (C=O) groups is 12. The summed E-state index contributed by atoms with van der Waals surface area (Å²) in [7, 11) is 0. The van der Waals surface area contributed by atoms with Gasteiger partial charge in [0, 0.05) is 25.3 Å². The fourth-order valence-corrected chi connectivity index (χ4v) is 8.50. The molecule has 9 atom stereocenters. The number of phenols is 1. The number of hydrogen-bond donors (Lipinski definition) is 16. The number of rotatable bonds is 34. The molecule has 0 aromatic heterocycles. The fraction of sp³-hybridized carbons (Fsp3) is 0.620. The SMILES string of the molecule is CC(C)C[C@H](NC(=O)[C@H](CC(=O)O)NC(=O)[C@@H]1CCCN1C(=O)[C@@H](N)Cc1ccc(O)cc1)C(=O)NCC(=O)N[C@H](C(=O)N[C@@H](CCCN=C(N)N)C(=O)N[C@H](C(=O)N[C@@H](CS)C(=O)N[C@@H](CCC(=O)O)C(=O)O)C(C)C)C(C)C. The van der Waals surface area contributed by atoms with E-state index in [0.717, 1.165) is 0 Å². The maximum atomic E-state index is 14.0. The van der Waals surface area contributed by atoms with Gasteiger partial charge in [-0.1, -0.05) is 53.7 Å². The predicted molar refractivity (Wildman–Crippen MR) is 291 cm³/mol. The van der Waals surface area contributed by atoms with Gasteiger partial charge in [-0.2, -0.15) is 12.6 Å². The number of carboxylic acids is 3. The Kier molecular flexibility index (Phi) is 28.7. The number of amides is 9. The number of guanidine groups is 1. The third-order valence-corrected chi connectivity index (χ3v) is 12.9. The number of hydrogen-bond acceptors (Lipinski definition) is 16. The normalized spacial score (nSPS) is 16.0. The Morgan fingerprint density at radius 1 is 0.675 bits per heavy atom. The highest BCUT2D eigenvalue weighted by Crippen LogP contribution is 2.21. The fourth-order valence-electron chi connectivity index (χ4n) is 8.24. The van der Waals surface area contributed by atoms with Crippen molar-refractivity contribution in [2.75, 3.05) is 25.4 Å². The third-order valence-electron chi connectivity index (χ3n) is 12.5. The lowest BCUT2D eigenvalue weighted by atomic mass is 10.00. The van der Waals surface area contributed by atoms with Crippen molar-refractivity contribution in [2.24, 2.45) is 39.9 Å². The van der Waals surface area contributed by atoms with Crippen molar-refractivity contribution in [3.05, 3.63) is 29.8 Å². The average molecular weight is 1150 g/mol. The van der Waals surface area contributed by atoms with Crippen LogP contribution in [0, 0.1) is 17.8 Å². The molecule has 0 radical (unpaired) electrons. The topological polar surface area (TPSA) is 476 Å². The number of thiol groups is 1. The summed E-state index contributed by atoms with van der Waals surface area (Å²) in [6.45, 7) is 9.16. The minimum absolute atomic E-state index is 0.0112. The Morgan fingerprint density at radius 2 is 1.23 bits per heavy atom. The van der Waals surface area contributed by atoms with E-state index in [1.165, 1.54) is 17.0 Å². The van der Waals surface area contributed by atoms with E-state index in [2.05, 4.69) is 60.2 Å². The summed E-state index contributed by atoms with van der Waals surface area (Å²) in [6, 6.07) is -6.33. The van der Waals surface area contributed by atoms with Crippen molar-refractivity contribution in [2.45, 2.75) is 154 Å². The Hall–Kier alpha value is -7.76. The lowest BCUT2D eigenvalue weighted by molar-refractivity contribution is -0.143. The number of nitrogens with two attached hydrogens (primary N) is 3. The molecule has 80 heavy (non-hydrogen) atoms. The van der Waals surface area contributed by atoms with Crippen LogP contribution in [0.25, 0.3) is 0 Å². The van der Waals surface area contributed by atoms with Crippen LogP contribution >= 0.6 is 12.6 Å². The molecule has 29 nitrogen and oxygen atoms in total. The number of aliphatic imine (C=N–C) groups is 1. The summed E-state index contributed by atoms with van der Waals surface area (Å²) in [5.74, 6) is -14.3. The van der Waals surface area contributed by atoms with Crippen LogP contribution in [0.4, 0.5) is 0 Å². The number of phenolic OH excluding ortho intramolecular Hbond substituents is 1. The van der Waals surface area contributed by atoms with Crippen LogP contribution < -0.4 is 59.7 Å². The van der Waals surface area contributed by atoms with E-state index in [1.54, 1.807) is 53.7 Å². The van der Waals surface area contributed by atoms with E-state index in [0.29, 0.717) is 12.0 Å². The van der Waals surface area contributed by atoms with E-state index >= 15 is 0 Å². The van der Waals surface area contributed by atoms with Gasteiger partial charge in [-0.25, -0.2) is 4.79 Å². The number of nitrogens with one attached hydrogen (secondary N) is 8. The van der Waals surface area contributed by atoms with E-state index in [9.17, 15) is 72.9 Å². The number of carbonyl (C=O) groups excluding carboxylic acids is 9. The Morgan fingerprint density at radius 3 is 1.76 bits per heavy atom. The van der Waals surface area contributed by atoms with Crippen molar-refractivity contribution in [3.63, 3.8) is 0 Å². The summed E-state index contributed by atoms with van der Waals surface area (Å²) in [4.78, 5) is 162. The predicted octanol–water partition coefficient (Wildman–Crippen LogP) is -3.47. The van der Waals surface area contributed by atoms with Crippen LogP contribution in [0.2, 0.25) is 0 Å². The number of aromatic hydroxyl groups is 1.